The van der Waals surface area contributed by atoms with E-state index in [2.05, 4.69) is 21.4 Å². The zero-order valence-corrected chi connectivity index (χ0v) is 15.1. The van der Waals surface area contributed by atoms with E-state index >= 15 is 0 Å². The highest BCUT2D eigenvalue weighted by Gasteiger charge is 2.50. The van der Waals surface area contributed by atoms with E-state index in [4.69, 9.17) is 4.74 Å². The quantitative estimate of drug-likeness (QED) is 0.649. The Morgan fingerprint density at radius 1 is 1.14 bits per heavy atom. The summed E-state index contributed by atoms with van der Waals surface area (Å²) in [6, 6.07) is 20.3. The molecule has 0 bridgehead atoms. The highest BCUT2D eigenvalue weighted by atomic mass is 16.5. The summed E-state index contributed by atoms with van der Waals surface area (Å²) in [5, 5.41) is 24.6. The molecule has 0 saturated carbocycles. The van der Waals surface area contributed by atoms with Crippen LogP contribution >= 0.6 is 0 Å². The number of fused-ring (bicyclic) bond motifs is 1. The largest absolute Gasteiger partial charge is 0.468 e. The SMILES string of the molecule is COc1nc2c(c(=O)[nH]1)C(c1ccccc1)C(C#N)C(O)(c1ccccc1)N2. The van der Waals surface area contributed by atoms with Gasteiger partial charge in [0.2, 0.25) is 0 Å². The number of nitrogens with one attached hydrogen (secondary N) is 2. The van der Waals surface area contributed by atoms with Crippen LogP contribution in [0.4, 0.5) is 5.82 Å². The molecular formula is C21H18N4O3. The maximum Gasteiger partial charge on any atom is 0.298 e. The average Bonchev–Trinajstić information content (AvgIpc) is 2.73. The van der Waals surface area contributed by atoms with Crippen LogP contribution in [-0.4, -0.2) is 22.2 Å². The summed E-state index contributed by atoms with van der Waals surface area (Å²) in [5.74, 6) is -1.47. The van der Waals surface area contributed by atoms with E-state index < -0.39 is 23.1 Å². The van der Waals surface area contributed by atoms with Gasteiger partial charge in [-0.2, -0.15) is 10.2 Å². The molecule has 0 amide bonds. The van der Waals surface area contributed by atoms with Crippen molar-refractivity contribution in [2.45, 2.75) is 11.6 Å². The van der Waals surface area contributed by atoms with Gasteiger partial charge >= 0.3 is 0 Å². The maximum atomic E-state index is 12.8. The van der Waals surface area contributed by atoms with Gasteiger partial charge in [-0.25, -0.2) is 0 Å². The molecular weight excluding hydrogens is 356 g/mol. The van der Waals surface area contributed by atoms with Gasteiger partial charge in [0, 0.05) is 11.5 Å². The van der Waals surface area contributed by atoms with Crippen LogP contribution in [0.2, 0.25) is 0 Å². The van der Waals surface area contributed by atoms with Crippen molar-refractivity contribution >= 4 is 5.82 Å². The second-order valence-corrected chi connectivity index (χ2v) is 6.59. The van der Waals surface area contributed by atoms with E-state index in [1.165, 1.54) is 7.11 Å². The molecule has 140 valence electrons. The standard InChI is InChI=1S/C21H18N4O3/c1-28-20-23-18-17(19(26)24-20)16(13-8-4-2-5-9-13)15(12-22)21(27,25-18)14-10-6-3-7-11-14/h2-11,15-16,27H,1H3,(H2,23,24,25,26). The van der Waals surface area contributed by atoms with Gasteiger partial charge in [-0.05, 0) is 5.56 Å². The number of benzene rings is 2. The first-order chi connectivity index (χ1) is 13.6. The van der Waals surface area contributed by atoms with Gasteiger partial charge in [-0.3, -0.25) is 9.78 Å². The molecule has 7 nitrogen and oxygen atoms in total. The second-order valence-electron chi connectivity index (χ2n) is 6.59. The number of hydrogen-bond donors (Lipinski definition) is 3. The Hall–Kier alpha value is -3.63. The summed E-state index contributed by atoms with van der Waals surface area (Å²) < 4.78 is 5.08. The average molecular weight is 374 g/mol. The van der Waals surface area contributed by atoms with Crippen LogP contribution < -0.4 is 15.6 Å². The summed E-state index contributed by atoms with van der Waals surface area (Å²) in [6.07, 6.45) is 0. The summed E-state index contributed by atoms with van der Waals surface area (Å²) >= 11 is 0. The first kappa shape index (κ1) is 17.8. The number of aromatic nitrogens is 2. The molecule has 1 aliphatic heterocycles. The first-order valence-electron chi connectivity index (χ1n) is 8.77. The van der Waals surface area contributed by atoms with Crippen molar-refractivity contribution in [3.05, 3.63) is 87.7 Å². The topological polar surface area (TPSA) is 111 Å². The third-order valence-electron chi connectivity index (χ3n) is 5.04. The van der Waals surface area contributed by atoms with Crippen LogP contribution in [0.5, 0.6) is 6.01 Å². The fourth-order valence-corrected chi connectivity index (χ4v) is 3.74. The van der Waals surface area contributed by atoms with Gasteiger partial charge < -0.3 is 15.2 Å². The predicted molar refractivity (Wildman–Crippen MR) is 103 cm³/mol. The number of ether oxygens (including phenoxy) is 1. The molecule has 3 N–H and O–H groups in total. The zero-order chi connectivity index (χ0) is 19.7. The molecule has 7 heteroatoms. The van der Waals surface area contributed by atoms with Crippen molar-refractivity contribution in [3.8, 4) is 12.1 Å². The van der Waals surface area contributed by atoms with Crippen molar-refractivity contribution in [1.82, 2.24) is 9.97 Å². The number of nitriles is 1. The number of hydrogen-bond acceptors (Lipinski definition) is 6. The van der Waals surface area contributed by atoms with Crippen molar-refractivity contribution in [1.29, 1.82) is 5.26 Å². The van der Waals surface area contributed by atoms with Gasteiger partial charge in [0.1, 0.15) is 11.7 Å². The molecule has 1 aromatic heterocycles. The van der Waals surface area contributed by atoms with Crippen molar-refractivity contribution < 1.29 is 9.84 Å². The van der Waals surface area contributed by atoms with Crippen LogP contribution in [0.3, 0.4) is 0 Å². The Labute approximate surface area is 161 Å². The van der Waals surface area contributed by atoms with Gasteiger partial charge in [0.05, 0.1) is 18.7 Å². The normalized spacial score (nSPS) is 23.2. The molecule has 0 spiro atoms. The molecule has 4 rings (SSSR count). The van der Waals surface area contributed by atoms with Crippen molar-refractivity contribution in [2.75, 3.05) is 12.4 Å². The Morgan fingerprint density at radius 2 is 1.79 bits per heavy atom. The maximum absolute atomic E-state index is 12.8. The van der Waals surface area contributed by atoms with Gasteiger partial charge in [-0.1, -0.05) is 60.7 Å². The molecule has 2 heterocycles. The van der Waals surface area contributed by atoms with Crippen molar-refractivity contribution in [2.24, 2.45) is 5.92 Å². The monoisotopic (exact) mass is 374 g/mol. The Morgan fingerprint density at radius 3 is 2.39 bits per heavy atom. The molecule has 0 radical (unpaired) electrons. The lowest BCUT2D eigenvalue weighted by atomic mass is 9.71. The summed E-state index contributed by atoms with van der Waals surface area (Å²) in [6.45, 7) is 0. The van der Waals surface area contributed by atoms with E-state index in [9.17, 15) is 15.2 Å². The molecule has 3 aromatic rings. The Bertz CT molecular complexity index is 1090. The number of rotatable bonds is 3. The summed E-state index contributed by atoms with van der Waals surface area (Å²) in [5.41, 5.74) is -0.620. The van der Waals surface area contributed by atoms with E-state index in [1.807, 2.05) is 36.4 Å². The van der Waals surface area contributed by atoms with Gasteiger partial charge in [0.25, 0.3) is 11.6 Å². The third-order valence-corrected chi connectivity index (χ3v) is 5.04. The second kappa shape index (κ2) is 6.83. The lowest BCUT2D eigenvalue weighted by Gasteiger charge is -2.42. The molecule has 1 aliphatic rings. The molecule has 28 heavy (non-hydrogen) atoms. The third kappa shape index (κ3) is 2.71. The predicted octanol–water partition coefficient (Wildman–Crippen LogP) is 2.32. The molecule has 2 aromatic carbocycles. The number of methoxy groups -OCH3 is 1. The van der Waals surface area contributed by atoms with Crippen LogP contribution in [0, 0.1) is 17.2 Å². The van der Waals surface area contributed by atoms with E-state index in [0.717, 1.165) is 5.56 Å². The zero-order valence-electron chi connectivity index (χ0n) is 15.1. The number of H-pyrrole nitrogens is 1. The number of aromatic amines is 1. The molecule has 3 atom stereocenters. The van der Waals surface area contributed by atoms with Crippen molar-refractivity contribution in [3.63, 3.8) is 0 Å². The summed E-state index contributed by atoms with van der Waals surface area (Å²) in [7, 11) is 1.39. The highest BCUT2D eigenvalue weighted by Crippen LogP contribution is 2.47. The van der Waals surface area contributed by atoms with Gasteiger partial charge in [-0.15, -0.1) is 0 Å². The van der Waals surface area contributed by atoms with E-state index in [0.29, 0.717) is 11.1 Å². The first-order valence-corrected chi connectivity index (χ1v) is 8.77. The summed E-state index contributed by atoms with van der Waals surface area (Å²) in [4.78, 5) is 19.7. The Balaban J connectivity index is 2.01. The minimum atomic E-state index is -1.74. The fraction of sp³-hybridized carbons (Fsp3) is 0.190. The van der Waals surface area contributed by atoms with Gasteiger partial charge in [0.15, 0.2) is 5.72 Å². The molecule has 3 unspecified atom stereocenters. The smallest absolute Gasteiger partial charge is 0.298 e. The fourth-order valence-electron chi connectivity index (χ4n) is 3.74. The molecule has 0 saturated heterocycles. The highest BCUT2D eigenvalue weighted by molar-refractivity contribution is 5.57. The van der Waals surface area contributed by atoms with E-state index in [1.54, 1.807) is 24.3 Å². The van der Waals surface area contributed by atoms with Crippen LogP contribution in [0.25, 0.3) is 0 Å². The molecule has 0 aliphatic carbocycles. The minimum absolute atomic E-state index is 0.0221. The number of anilines is 1. The minimum Gasteiger partial charge on any atom is -0.468 e. The van der Waals surface area contributed by atoms with Crippen LogP contribution in [0.1, 0.15) is 22.6 Å². The van der Waals surface area contributed by atoms with Crippen LogP contribution in [-0.2, 0) is 5.72 Å². The Kier molecular flexibility index (Phi) is 4.34. The molecule has 0 fully saturated rings. The number of nitrogens with zero attached hydrogens (tertiary/aromatic N) is 2. The van der Waals surface area contributed by atoms with E-state index in [-0.39, 0.29) is 11.8 Å². The lowest BCUT2D eigenvalue weighted by molar-refractivity contribution is 0.0143. The lowest BCUT2D eigenvalue weighted by Crippen LogP contribution is -2.50. The van der Waals surface area contributed by atoms with Crippen LogP contribution in [0.15, 0.2) is 65.5 Å². The number of aliphatic hydroxyl groups is 1.